The van der Waals surface area contributed by atoms with E-state index in [1.807, 2.05) is 12.1 Å². The molecule has 96 valence electrons. The predicted molar refractivity (Wildman–Crippen MR) is 76.5 cm³/mol. The lowest BCUT2D eigenvalue weighted by atomic mass is 10.0. The van der Waals surface area contributed by atoms with Gasteiger partial charge >= 0.3 is 0 Å². The van der Waals surface area contributed by atoms with E-state index in [9.17, 15) is 0 Å². The van der Waals surface area contributed by atoms with E-state index in [4.69, 9.17) is 9.72 Å². The van der Waals surface area contributed by atoms with Crippen molar-refractivity contribution in [2.75, 3.05) is 19.0 Å². The Morgan fingerprint density at radius 1 is 1.33 bits per heavy atom. The molecule has 0 amide bonds. The summed E-state index contributed by atoms with van der Waals surface area (Å²) in [6.45, 7) is 7.32. The molecule has 1 N–H and O–H groups in total. The SMILES string of the molecule is CCNc1nc2c(OC)cccc2cc1C(C)C. The lowest BCUT2D eigenvalue weighted by Crippen LogP contribution is -2.05. The third kappa shape index (κ3) is 2.26. The number of benzene rings is 1. The van der Waals surface area contributed by atoms with Crippen LogP contribution in [0.2, 0.25) is 0 Å². The number of rotatable bonds is 4. The number of fused-ring (bicyclic) bond motifs is 1. The molecule has 0 aliphatic carbocycles. The first-order valence-corrected chi connectivity index (χ1v) is 6.38. The van der Waals surface area contributed by atoms with Crippen molar-refractivity contribution in [3.63, 3.8) is 0 Å². The van der Waals surface area contributed by atoms with Gasteiger partial charge in [0.15, 0.2) is 0 Å². The largest absolute Gasteiger partial charge is 0.494 e. The summed E-state index contributed by atoms with van der Waals surface area (Å²) in [5.41, 5.74) is 2.16. The van der Waals surface area contributed by atoms with E-state index in [1.165, 1.54) is 5.56 Å². The maximum Gasteiger partial charge on any atom is 0.145 e. The molecule has 3 nitrogen and oxygen atoms in total. The second-order valence-corrected chi connectivity index (χ2v) is 4.64. The third-order valence-electron chi connectivity index (χ3n) is 3.02. The minimum atomic E-state index is 0.446. The average molecular weight is 244 g/mol. The first-order valence-electron chi connectivity index (χ1n) is 6.38. The Morgan fingerprint density at radius 3 is 2.72 bits per heavy atom. The highest BCUT2D eigenvalue weighted by atomic mass is 16.5. The molecule has 0 saturated heterocycles. The number of nitrogens with zero attached hydrogens (tertiary/aromatic N) is 1. The second kappa shape index (κ2) is 5.25. The van der Waals surface area contributed by atoms with Crippen LogP contribution in [-0.2, 0) is 0 Å². The maximum atomic E-state index is 5.37. The van der Waals surface area contributed by atoms with Gasteiger partial charge in [0, 0.05) is 11.9 Å². The van der Waals surface area contributed by atoms with Gasteiger partial charge in [-0.15, -0.1) is 0 Å². The van der Waals surface area contributed by atoms with Crippen LogP contribution in [0.5, 0.6) is 5.75 Å². The predicted octanol–water partition coefficient (Wildman–Crippen LogP) is 3.80. The van der Waals surface area contributed by atoms with E-state index >= 15 is 0 Å². The van der Waals surface area contributed by atoms with Gasteiger partial charge in [0.05, 0.1) is 7.11 Å². The molecule has 0 unspecified atom stereocenters. The van der Waals surface area contributed by atoms with Crippen molar-refractivity contribution in [1.29, 1.82) is 0 Å². The second-order valence-electron chi connectivity index (χ2n) is 4.64. The van der Waals surface area contributed by atoms with Crippen LogP contribution in [0, 0.1) is 0 Å². The van der Waals surface area contributed by atoms with Crippen molar-refractivity contribution < 1.29 is 4.74 Å². The minimum Gasteiger partial charge on any atom is -0.494 e. The van der Waals surface area contributed by atoms with Gasteiger partial charge in [-0.1, -0.05) is 26.0 Å². The van der Waals surface area contributed by atoms with E-state index < -0.39 is 0 Å². The first kappa shape index (κ1) is 12.7. The summed E-state index contributed by atoms with van der Waals surface area (Å²) in [6, 6.07) is 8.22. The summed E-state index contributed by atoms with van der Waals surface area (Å²) in [7, 11) is 1.68. The molecule has 0 saturated carbocycles. The number of hydrogen-bond acceptors (Lipinski definition) is 3. The number of nitrogens with one attached hydrogen (secondary N) is 1. The quantitative estimate of drug-likeness (QED) is 0.888. The van der Waals surface area contributed by atoms with Crippen LogP contribution >= 0.6 is 0 Å². The monoisotopic (exact) mass is 244 g/mol. The fraction of sp³-hybridized carbons (Fsp3) is 0.400. The van der Waals surface area contributed by atoms with E-state index in [-0.39, 0.29) is 0 Å². The standard InChI is InChI=1S/C15H20N2O/c1-5-16-15-12(10(2)3)9-11-7-6-8-13(18-4)14(11)17-15/h6-10H,5H2,1-4H3,(H,16,17). The van der Waals surface area contributed by atoms with Crippen LogP contribution in [0.25, 0.3) is 10.9 Å². The van der Waals surface area contributed by atoms with Gasteiger partial charge in [-0.25, -0.2) is 4.98 Å². The van der Waals surface area contributed by atoms with Crippen molar-refractivity contribution >= 4 is 16.7 Å². The van der Waals surface area contributed by atoms with Crippen molar-refractivity contribution in [3.8, 4) is 5.75 Å². The summed E-state index contributed by atoms with van der Waals surface area (Å²) < 4.78 is 5.37. The molecule has 3 heteroatoms. The normalized spacial score (nSPS) is 10.9. The molecular formula is C15H20N2O. The molecule has 0 aliphatic rings. The number of ether oxygens (including phenoxy) is 1. The molecular weight excluding hydrogens is 224 g/mol. The molecule has 1 aromatic heterocycles. The van der Waals surface area contributed by atoms with E-state index in [1.54, 1.807) is 7.11 Å². The van der Waals surface area contributed by atoms with Crippen molar-refractivity contribution in [2.45, 2.75) is 26.7 Å². The van der Waals surface area contributed by atoms with Crippen molar-refractivity contribution in [3.05, 3.63) is 29.8 Å². The zero-order chi connectivity index (χ0) is 13.1. The van der Waals surface area contributed by atoms with Crippen LogP contribution in [0.3, 0.4) is 0 Å². The molecule has 1 heterocycles. The van der Waals surface area contributed by atoms with E-state index in [0.717, 1.165) is 29.0 Å². The Labute approximate surface area is 108 Å². The zero-order valence-electron chi connectivity index (χ0n) is 11.4. The molecule has 0 aliphatic heterocycles. The number of hydrogen-bond donors (Lipinski definition) is 1. The fourth-order valence-electron chi connectivity index (χ4n) is 2.10. The van der Waals surface area contributed by atoms with Gasteiger partial charge < -0.3 is 10.1 Å². The topological polar surface area (TPSA) is 34.2 Å². The van der Waals surface area contributed by atoms with Crippen LogP contribution < -0.4 is 10.1 Å². The Hall–Kier alpha value is -1.77. The van der Waals surface area contributed by atoms with Gasteiger partial charge in [0.25, 0.3) is 0 Å². The van der Waals surface area contributed by atoms with Crippen molar-refractivity contribution in [1.82, 2.24) is 4.98 Å². The zero-order valence-corrected chi connectivity index (χ0v) is 11.4. The summed E-state index contributed by atoms with van der Waals surface area (Å²) in [5.74, 6) is 2.23. The Balaban J connectivity index is 2.68. The Kier molecular flexibility index (Phi) is 3.70. The first-order chi connectivity index (χ1) is 8.67. The summed E-state index contributed by atoms with van der Waals surface area (Å²) >= 11 is 0. The van der Waals surface area contributed by atoms with Crippen LogP contribution in [0.4, 0.5) is 5.82 Å². The van der Waals surface area contributed by atoms with Gasteiger partial charge in [0.2, 0.25) is 0 Å². The summed E-state index contributed by atoms with van der Waals surface area (Å²) in [6.07, 6.45) is 0. The molecule has 0 radical (unpaired) electrons. The number of aromatic nitrogens is 1. The lowest BCUT2D eigenvalue weighted by molar-refractivity contribution is 0.419. The molecule has 0 bridgehead atoms. The minimum absolute atomic E-state index is 0.446. The van der Waals surface area contributed by atoms with Crippen LogP contribution in [-0.4, -0.2) is 18.6 Å². The Morgan fingerprint density at radius 2 is 2.11 bits per heavy atom. The van der Waals surface area contributed by atoms with Crippen LogP contribution in [0.15, 0.2) is 24.3 Å². The van der Waals surface area contributed by atoms with E-state index in [0.29, 0.717) is 5.92 Å². The highest BCUT2D eigenvalue weighted by Crippen LogP contribution is 2.30. The summed E-state index contributed by atoms with van der Waals surface area (Å²) in [5, 5.41) is 4.46. The maximum absolute atomic E-state index is 5.37. The molecule has 0 spiro atoms. The molecule has 18 heavy (non-hydrogen) atoms. The number of anilines is 1. The molecule has 1 aromatic carbocycles. The fourth-order valence-corrected chi connectivity index (χ4v) is 2.10. The highest BCUT2D eigenvalue weighted by molar-refractivity contribution is 5.87. The van der Waals surface area contributed by atoms with Crippen LogP contribution in [0.1, 0.15) is 32.3 Å². The Bertz CT molecular complexity index is 549. The van der Waals surface area contributed by atoms with Gasteiger partial charge in [0.1, 0.15) is 17.1 Å². The number of methoxy groups -OCH3 is 1. The smallest absolute Gasteiger partial charge is 0.145 e. The molecule has 0 fully saturated rings. The van der Waals surface area contributed by atoms with Gasteiger partial charge in [-0.05, 0) is 30.5 Å². The van der Waals surface area contributed by atoms with Crippen molar-refractivity contribution in [2.24, 2.45) is 0 Å². The number of para-hydroxylation sites is 1. The third-order valence-corrected chi connectivity index (χ3v) is 3.02. The van der Waals surface area contributed by atoms with E-state index in [2.05, 4.69) is 38.2 Å². The van der Waals surface area contributed by atoms with Gasteiger partial charge in [-0.2, -0.15) is 0 Å². The highest BCUT2D eigenvalue weighted by Gasteiger charge is 2.11. The summed E-state index contributed by atoms with van der Waals surface area (Å²) in [4.78, 5) is 4.72. The number of pyridine rings is 1. The average Bonchev–Trinajstić information content (AvgIpc) is 2.37. The van der Waals surface area contributed by atoms with Gasteiger partial charge in [-0.3, -0.25) is 0 Å². The molecule has 2 aromatic rings. The molecule has 0 atom stereocenters. The molecule has 2 rings (SSSR count). The lowest BCUT2D eigenvalue weighted by Gasteiger charge is -2.15.